The second-order valence-electron chi connectivity index (χ2n) is 2.46. The van der Waals surface area contributed by atoms with E-state index in [-0.39, 0.29) is 0 Å². The molecule has 0 saturated carbocycles. The molecule has 0 N–H and O–H groups in total. The zero-order valence-corrected chi connectivity index (χ0v) is 6.09. The van der Waals surface area contributed by atoms with Crippen LogP contribution in [0.25, 0.3) is 10.9 Å². The third-order valence-electron chi connectivity index (χ3n) is 1.65. The molecule has 3 heteroatoms. The van der Waals surface area contributed by atoms with Crippen LogP contribution >= 0.6 is 0 Å². The third-order valence-corrected chi connectivity index (χ3v) is 1.65. The summed E-state index contributed by atoms with van der Waals surface area (Å²) in [6.45, 7) is 0. The number of rotatable bonds is 0. The van der Waals surface area contributed by atoms with Crippen LogP contribution in [0, 0.1) is 11.6 Å². The molecule has 0 bridgehead atoms. The predicted molar refractivity (Wildman–Crippen MR) is 41.7 cm³/mol. The van der Waals surface area contributed by atoms with Gasteiger partial charge in [-0.15, -0.1) is 0 Å². The van der Waals surface area contributed by atoms with Crippen molar-refractivity contribution in [1.82, 2.24) is 4.98 Å². The van der Waals surface area contributed by atoms with Crippen molar-refractivity contribution in [3.05, 3.63) is 42.1 Å². The van der Waals surface area contributed by atoms with Crippen molar-refractivity contribution in [2.75, 3.05) is 0 Å². The largest absolute Gasteiger partial charge is 0.256 e. The molecule has 2 aromatic rings. The van der Waals surface area contributed by atoms with E-state index in [0.29, 0.717) is 10.9 Å². The Morgan fingerprint density at radius 2 is 1.83 bits per heavy atom. The third kappa shape index (κ3) is 1.03. The van der Waals surface area contributed by atoms with E-state index >= 15 is 0 Å². The van der Waals surface area contributed by atoms with Crippen molar-refractivity contribution in [2.24, 2.45) is 0 Å². The molecule has 1 nitrogen and oxygen atoms in total. The second-order valence-corrected chi connectivity index (χ2v) is 2.46. The Bertz CT molecular complexity index is 385. The summed E-state index contributed by atoms with van der Waals surface area (Å²) >= 11 is 0. The summed E-state index contributed by atoms with van der Waals surface area (Å²) in [4.78, 5) is 3.88. The molecule has 0 aliphatic rings. The maximum Gasteiger partial charge on any atom is 0.161 e. The number of benzene rings is 1. The van der Waals surface area contributed by atoms with Gasteiger partial charge in [0.05, 0.1) is 5.52 Å². The van der Waals surface area contributed by atoms with Crippen LogP contribution in [-0.4, -0.2) is 4.98 Å². The van der Waals surface area contributed by atoms with E-state index in [9.17, 15) is 8.78 Å². The Hall–Kier alpha value is -1.51. The molecule has 0 aliphatic carbocycles. The normalized spacial score (nSPS) is 10.5. The van der Waals surface area contributed by atoms with Gasteiger partial charge in [0.1, 0.15) is 0 Å². The minimum atomic E-state index is -0.860. The molecule has 0 radical (unpaired) electrons. The lowest BCUT2D eigenvalue weighted by Gasteiger charge is -1.96. The lowest BCUT2D eigenvalue weighted by molar-refractivity contribution is 0.510. The van der Waals surface area contributed by atoms with Crippen molar-refractivity contribution in [3.8, 4) is 0 Å². The fourth-order valence-corrected chi connectivity index (χ4v) is 1.07. The molecule has 0 aliphatic heterocycles. The first-order valence-corrected chi connectivity index (χ1v) is 3.47. The summed E-state index contributed by atoms with van der Waals surface area (Å²) in [6, 6.07) is 5.59. The fraction of sp³-hybridized carbons (Fsp3) is 0. The lowest BCUT2D eigenvalue weighted by Crippen LogP contribution is -1.85. The molecular formula is C9H5F2N. The smallest absolute Gasteiger partial charge is 0.161 e. The first kappa shape index (κ1) is 7.16. The van der Waals surface area contributed by atoms with E-state index in [1.165, 1.54) is 0 Å². The Labute approximate surface area is 67.7 Å². The summed E-state index contributed by atoms with van der Waals surface area (Å²) in [5, 5.41) is 0.608. The molecule has 0 spiro atoms. The van der Waals surface area contributed by atoms with Crippen molar-refractivity contribution in [2.45, 2.75) is 0 Å². The molecule has 60 valence electrons. The number of halogens is 2. The molecule has 0 unspecified atom stereocenters. The number of hydrogen-bond donors (Lipinski definition) is 0. The topological polar surface area (TPSA) is 12.9 Å². The monoisotopic (exact) mass is 165 g/mol. The maximum absolute atomic E-state index is 12.6. The number of hydrogen-bond acceptors (Lipinski definition) is 1. The molecule has 0 fully saturated rings. The van der Waals surface area contributed by atoms with Gasteiger partial charge in [0, 0.05) is 17.6 Å². The van der Waals surface area contributed by atoms with Crippen molar-refractivity contribution >= 4 is 10.9 Å². The van der Waals surface area contributed by atoms with Crippen LogP contribution < -0.4 is 0 Å². The van der Waals surface area contributed by atoms with Gasteiger partial charge in [0.15, 0.2) is 11.6 Å². The first-order chi connectivity index (χ1) is 5.77. The number of pyridine rings is 1. The predicted octanol–water partition coefficient (Wildman–Crippen LogP) is 2.51. The van der Waals surface area contributed by atoms with Crippen LogP contribution in [0.3, 0.4) is 0 Å². The van der Waals surface area contributed by atoms with Crippen molar-refractivity contribution in [1.29, 1.82) is 0 Å². The van der Waals surface area contributed by atoms with Gasteiger partial charge in [-0.1, -0.05) is 6.07 Å². The Kier molecular flexibility index (Phi) is 1.50. The molecule has 0 amide bonds. The van der Waals surface area contributed by atoms with Crippen molar-refractivity contribution in [3.63, 3.8) is 0 Å². The van der Waals surface area contributed by atoms with Crippen LogP contribution in [-0.2, 0) is 0 Å². The van der Waals surface area contributed by atoms with Gasteiger partial charge in [-0.05, 0) is 12.1 Å². The zero-order chi connectivity index (χ0) is 8.55. The van der Waals surface area contributed by atoms with Gasteiger partial charge >= 0.3 is 0 Å². The van der Waals surface area contributed by atoms with Gasteiger partial charge < -0.3 is 0 Å². The molecule has 2 rings (SSSR count). The van der Waals surface area contributed by atoms with Gasteiger partial charge in [-0.2, -0.15) is 0 Å². The van der Waals surface area contributed by atoms with E-state index in [1.807, 2.05) is 0 Å². The van der Waals surface area contributed by atoms with Crippen molar-refractivity contribution < 1.29 is 8.78 Å². The highest BCUT2D eigenvalue weighted by Gasteiger charge is 2.02. The SMILES string of the molecule is Fc1cc2cccnc2cc1F. The Balaban J connectivity index is 2.84. The molecule has 0 atom stereocenters. The van der Waals surface area contributed by atoms with E-state index in [4.69, 9.17) is 0 Å². The minimum Gasteiger partial charge on any atom is -0.256 e. The minimum absolute atomic E-state index is 0.469. The highest BCUT2D eigenvalue weighted by atomic mass is 19.2. The van der Waals surface area contributed by atoms with Crippen LogP contribution in [0.2, 0.25) is 0 Å². The second kappa shape index (κ2) is 2.52. The summed E-state index contributed by atoms with van der Waals surface area (Å²) < 4.78 is 25.3. The van der Waals surface area contributed by atoms with Gasteiger partial charge in [-0.3, -0.25) is 4.98 Å². The summed E-state index contributed by atoms with van der Waals surface area (Å²) in [5.41, 5.74) is 0.469. The van der Waals surface area contributed by atoms with Crippen LogP contribution in [0.4, 0.5) is 8.78 Å². The molecule has 1 aromatic heterocycles. The van der Waals surface area contributed by atoms with E-state index in [2.05, 4.69) is 4.98 Å². The molecule has 12 heavy (non-hydrogen) atoms. The Morgan fingerprint density at radius 3 is 2.67 bits per heavy atom. The average Bonchev–Trinajstić information content (AvgIpc) is 2.07. The summed E-state index contributed by atoms with van der Waals surface area (Å²) in [5.74, 6) is -1.70. The summed E-state index contributed by atoms with van der Waals surface area (Å²) in [7, 11) is 0. The fourth-order valence-electron chi connectivity index (χ4n) is 1.07. The quantitative estimate of drug-likeness (QED) is 0.584. The summed E-state index contributed by atoms with van der Waals surface area (Å²) in [6.07, 6.45) is 1.54. The Morgan fingerprint density at radius 1 is 1.08 bits per heavy atom. The zero-order valence-electron chi connectivity index (χ0n) is 6.09. The first-order valence-electron chi connectivity index (χ1n) is 3.47. The number of fused-ring (bicyclic) bond motifs is 1. The van der Waals surface area contributed by atoms with E-state index in [1.54, 1.807) is 18.3 Å². The lowest BCUT2D eigenvalue weighted by atomic mass is 10.2. The van der Waals surface area contributed by atoms with Gasteiger partial charge in [0.2, 0.25) is 0 Å². The van der Waals surface area contributed by atoms with Gasteiger partial charge in [-0.25, -0.2) is 8.78 Å². The van der Waals surface area contributed by atoms with Crippen LogP contribution in [0.5, 0.6) is 0 Å². The number of nitrogens with zero attached hydrogens (tertiary/aromatic N) is 1. The van der Waals surface area contributed by atoms with E-state index in [0.717, 1.165) is 12.1 Å². The standard InChI is InChI=1S/C9H5F2N/c10-7-4-6-2-1-3-12-9(6)5-8(7)11/h1-5H. The van der Waals surface area contributed by atoms with Gasteiger partial charge in [0.25, 0.3) is 0 Å². The molecular weight excluding hydrogens is 160 g/mol. The highest BCUT2D eigenvalue weighted by Crippen LogP contribution is 2.15. The maximum atomic E-state index is 12.6. The molecule has 1 aromatic carbocycles. The average molecular weight is 165 g/mol. The number of aromatic nitrogens is 1. The van der Waals surface area contributed by atoms with Crippen LogP contribution in [0.15, 0.2) is 30.5 Å². The molecule has 1 heterocycles. The van der Waals surface area contributed by atoms with E-state index < -0.39 is 11.6 Å². The van der Waals surface area contributed by atoms with Crippen LogP contribution in [0.1, 0.15) is 0 Å². The molecule has 0 saturated heterocycles. The highest BCUT2D eigenvalue weighted by molar-refractivity contribution is 5.78.